The molecule has 7 heteroatoms. The van der Waals surface area contributed by atoms with Crippen LogP contribution in [0.25, 0.3) is 11.3 Å². The van der Waals surface area contributed by atoms with E-state index in [0.29, 0.717) is 27.1 Å². The highest BCUT2D eigenvalue weighted by atomic mass is 35.5. The van der Waals surface area contributed by atoms with Crippen molar-refractivity contribution in [3.8, 4) is 11.3 Å². The monoisotopic (exact) mass is 401 g/mol. The van der Waals surface area contributed by atoms with Gasteiger partial charge in [0.25, 0.3) is 5.91 Å². The van der Waals surface area contributed by atoms with Gasteiger partial charge >= 0.3 is 0 Å². The number of aryl methyl sites for hydroxylation is 1. The van der Waals surface area contributed by atoms with E-state index in [9.17, 15) is 4.79 Å². The zero-order valence-electron chi connectivity index (χ0n) is 14.5. The van der Waals surface area contributed by atoms with E-state index in [0.717, 1.165) is 11.3 Å². The van der Waals surface area contributed by atoms with E-state index in [1.54, 1.807) is 24.3 Å². The van der Waals surface area contributed by atoms with Crippen LogP contribution in [-0.2, 0) is 4.79 Å². The first kappa shape index (κ1) is 19.0. The molecular weight excluding hydrogens is 385 g/mol. The molecule has 0 spiro atoms. The van der Waals surface area contributed by atoms with E-state index in [1.807, 2.05) is 37.3 Å². The maximum Gasteiger partial charge on any atom is 0.259 e. The Labute approximate surface area is 167 Å². The van der Waals surface area contributed by atoms with E-state index >= 15 is 0 Å². The molecule has 0 unspecified atom stereocenters. The van der Waals surface area contributed by atoms with Gasteiger partial charge in [0.2, 0.25) is 0 Å². The summed E-state index contributed by atoms with van der Waals surface area (Å²) in [6, 6.07) is 16.6. The van der Waals surface area contributed by atoms with E-state index < -0.39 is 0 Å². The Morgan fingerprint density at radius 2 is 1.89 bits per heavy atom. The van der Waals surface area contributed by atoms with Gasteiger partial charge in [0.05, 0.1) is 22.8 Å². The normalized spacial score (nSPS) is 10.9. The van der Waals surface area contributed by atoms with Crippen molar-refractivity contribution in [1.29, 1.82) is 0 Å². The third kappa shape index (κ3) is 5.12. The third-order valence-electron chi connectivity index (χ3n) is 3.73. The second kappa shape index (κ2) is 8.75. The summed E-state index contributed by atoms with van der Waals surface area (Å²) in [6.07, 6.45) is 1.42. The first-order valence-electron chi connectivity index (χ1n) is 8.19. The summed E-state index contributed by atoms with van der Waals surface area (Å²) in [5.74, 6) is 0.778. The Hall–Kier alpha value is -2.76. The topological polar surface area (TPSA) is 66.6 Å². The van der Waals surface area contributed by atoms with Crippen molar-refractivity contribution in [2.24, 2.45) is 5.10 Å². The molecule has 138 valence electrons. The Balaban J connectivity index is 1.54. The van der Waals surface area contributed by atoms with Crippen molar-refractivity contribution < 1.29 is 9.21 Å². The number of hydrogen-bond acceptors (Lipinski definition) is 4. The molecule has 0 saturated carbocycles. The predicted molar refractivity (Wildman–Crippen MR) is 110 cm³/mol. The summed E-state index contributed by atoms with van der Waals surface area (Å²) < 4.78 is 5.67. The van der Waals surface area contributed by atoms with Crippen molar-refractivity contribution in [3.63, 3.8) is 0 Å². The number of nitrogens with zero attached hydrogens (tertiary/aromatic N) is 1. The largest absolute Gasteiger partial charge is 0.455 e. The van der Waals surface area contributed by atoms with Gasteiger partial charge in [-0.05, 0) is 43.3 Å². The molecule has 1 aromatic heterocycles. The number of amides is 1. The molecule has 0 saturated heterocycles. The summed E-state index contributed by atoms with van der Waals surface area (Å²) in [7, 11) is 0. The summed E-state index contributed by atoms with van der Waals surface area (Å²) in [5.41, 5.74) is 5.16. The average Bonchev–Trinajstić information content (AvgIpc) is 3.12. The van der Waals surface area contributed by atoms with Crippen LogP contribution in [0, 0.1) is 6.92 Å². The van der Waals surface area contributed by atoms with Gasteiger partial charge < -0.3 is 9.73 Å². The number of benzene rings is 2. The Bertz CT molecular complexity index is 966. The van der Waals surface area contributed by atoms with E-state index in [1.165, 1.54) is 6.21 Å². The van der Waals surface area contributed by atoms with Crippen molar-refractivity contribution in [2.45, 2.75) is 6.92 Å². The number of hydrogen-bond donors (Lipinski definition) is 2. The van der Waals surface area contributed by atoms with E-state index in [2.05, 4.69) is 15.8 Å². The number of rotatable bonds is 6. The van der Waals surface area contributed by atoms with Crippen LogP contribution in [0.1, 0.15) is 11.3 Å². The summed E-state index contributed by atoms with van der Waals surface area (Å²) in [4.78, 5) is 11.8. The first-order chi connectivity index (χ1) is 13.0. The fourth-order valence-electron chi connectivity index (χ4n) is 2.32. The van der Waals surface area contributed by atoms with Crippen LogP contribution < -0.4 is 10.7 Å². The molecule has 2 N–H and O–H groups in total. The lowest BCUT2D eigenvalue weighted by atomic mass is 10.2. The summed E-state index contributed by atoms with van der Waals surface area (Å²) in [5, 5.41) is 7.79. The number of nitrogens with one attached hydrogen (secondary N) is 2. The quantitative estimate of drug-likeness (QED) is 0.444. The standard InChI is InChI=1S/C20H17Cl2N3O2/c1-13-5-7-14(8-6-13)23-12-19(26)25-24-11-15-9-10-18(27-15)16-3-2-4-17(21)20(16)22/h2-11,23H,12H2,1H3,(H,25,26)/b24-11+. The number of carbonyl (C=O) groups is 1. The van der Waals surface area contributed by atoms with Gasteiger partial charge in [-0.1, -0.05) is 47.0 Å². The first-order valence-corrected chi connectivity index (χ1v) is 8.95. The average molecular weight is 402 g/mol. The molecule has 3 aromatic rings. The molecule has 0 atom stereocenters. The Morgan fingerprint density at radius 1 is 1.11 bits per heavy atom. The summed E-state index contributed by atoms with van der Waals surface area (Å²) >= 11 is 12.2. The highest BCUT2D eigenvalue weighted by Gasteiger charge is 2.10. The third-order valence-corrected chi connectivity index (χ3v) is 4.55. The number of anilines is 1. The van der Waals surface area contributed by atoms with Crippen LogP contribution in [0.4, 0.5) is 5.69 Å². The van der Waals surface area contributed by atoms with E-state index in [4.69, 9.17) is 27.6 Å². The van der Waals surface area contributed by atoms with Gasteiger partial charge in [-0.15, -0.1) is 0 Å². The summed E-state index contributed by atoms with van der Waals surface area (Å²) in [6.45, 7) is 2.12. The van der Waals surface area contributed by atoms with Crippen molar-refractivity contribution in [1.82, 2.24) is 5.43 Å². The molecule has 0 aliphatic carbocycles. The molecule has 0 radical (unpaired) electrons. The SMILES string of the molecule is Cc1ccc(NCC(=O)N/N=C/c2ccc(-c3cccc(Cl)c3Cl)o2)cc1. The minimum atomic E-state index is -0.267. The van der Waals surface area contributed by atoms with Crippen molar-refractivity contribution in [2.75, 3.05) is 11.9 Å². The number of furan rings is 1. The maximum atomic E-state index is 11.8. The Morgan fingerprint density at radius 3 is 2.67 bits per heavy atom. The van der Waals surface area contributed by atoms with Gasteiger partial charge in [0.15, 0.2) is 0 Å². The van der Waals surface area contributed by atoms with Crippen LogP contribution in [-0.4, -0.2) is 18.7 Å². The second-order valence-electron chi connectivity index (χ2n) is 5.82. The van der Waals surface area contributed by atoms with Crippen LogP contribution in [0.3, 0.4) is 0 Å². The molecular formula is C20H17Cl2N3O2. The van der Waals surface area contributed by atoms with Gasteiger partial charge in [0, 0.05) is 11.3 Å². The van der Waals surface area contributed by atoms with Gasteiger partial charge in [0.1, 0.15) is 11.5 Å². The lowest BCUT2D eigenvalue weighted by molar-refractivity contribution is -0.119. The molecule has 0 aliphatic rings. The molecule has 1 heterocycles. The predicted octanol–water partition coefficient (Wildman–Crippen LogP) is 5.12. The minimum absolute atomic E-state index is 0.113. The minimum Gasteiger partial charge on any atom is -0.455 e. The zero-order chi connectivity index (χ0) is 19.2. The molecule has 0 bridgehead atoms. The number of halogens is 2. The molecule has 2 aromatic carbocycles. The Kier molecular flexibility index (Phi) is 6.16. The molecule has 5 nitrogen and oxygen atoms in total. The number of hydrazone groups is 1. The zero-order valence-corrected chi connectivity index (χ0v) is 16.0. The van der Waals surface area contributed by atoms with Gasteiger partial charge in [-0.25, -0.2) is 5.43 Å². The molecule has 0 aliphatic heterocycles. The lowest BCUT2D eigenvalue weighted by Crippen LogP contribution is -2.25. The van der Waals surface area contributed by atoms with Crippen molar-refractivity contribution in [3.05, 3.63) is 76.0 Å². The smallest absolute Gasteiger partial charge is 0.259 e. The number of carbonyl (C=O) groups excluding carboxylic acids is 1. The fraction of sp³-hybridized carbons (Fsp3) is 0.100. The molecule has 3 rings (SSSR count). The van der Waals surface area contributed by atoms with Crippen LogP contribution in [0.2, 0.25) is 10.0 Å². The van der Waals surface area contributed by atoms with E-state index in [-0.39, 0.29) is 12.5 Å². The molecule has 1 amide bonds. The highest BCUT2D eigenvalue weighted by molar-refractivity contribution is 6.43. The van der Waals surface area contributed by atoms with Crippen LogP contribution in [0.5, 0.6) is 0 Å². The molecule has 27 heavy (non-hydrogen) atoms. The van der Waals surface area contributed by atoms with Gasteiger partial charge in [-0.2, -0.15) is 5.10 Å². The van der Waals surface area contributed by atoms with Crippen LogP contribution >= 0.6 is 23.2 Å². The maximum absolute atomic E-state index is 11.8. The van der Waals surface area contributed by atoms with Crippen LogP contribution in [0.15, 0.2) is 64.1 Å². The second-order valence-corrected chi connectivity index (χ2v) is 6.60. The highest BCUT2D eigenvalue weighted by Crippen LogP contribution is 2.34. The molecule has 0 fully saturated rings. The lowest BCUT2D eigenvalue weighted by Gasteiger charge is -2.05. The fourth-order valence-corrected chi connectivity index (χ4v) is 2.72. The van der Waals surface area contributed by atoms with Gasteiger partial charge in [-0.3, -0.25) is 4.79 Å². The van der Waals surface area contributed by atoms with Crippen molar-refractivity contribution >= 4 is 41.0 Å².